The van der Waals surface area contributed by atoms with Gasteiger partial charge >= 0.3 is 12.1 Å². The Balaban J connectivity index is 2.48. The van der Waals surface area contributed by atoms with Gasteiger partial charge in [0.2, 0.25) is 0 Å². The van der Waals surface area contributed by atoms with Crippen LogP contribution in [0.2, 0.25) is 0 Å². The highest BCUT2D eigenvalue weighted by molar-refractivity contribution is 5.83. The number of aliphatic carboxylic acids is 1. The van der Waals surface area contributed by atoms with E-state index in [1.807, 2.05) is 0 Å². The molecular formula is C11H17N3O4. The van der Waals surface area contributed by atoms with Gasteiger partial charge in [-0.05, 0) is 20.8 Å². The van der Waals surface area contributed by atoms with Crippen LogP contribution in [0.5, 0.6) is 0 Å². The Morgan fingerprint density at radius 3 is 2.72 bits per heavy atom. The predicted molar refractivity (Wildman–Crippen MR) is 64.3 cm³/mol. The molecule has 1 rings (SSSR count). The molecule has 0 fully saturated rings. The van der Waals surface area contributed by atoms with Crippen molar-refractivity contribution in [2.45, 2.75) is 39.3 Å². The Kier molecular flexibility index (Phi) is 4.30. The molecule has 0 aliphatic carbocycles. The number of anilines is 1. The first kappa shape index (κ1) is 14.0. The van der Waals surface area contributed by atoms with Crippen molar-refractivity contribution in [3.8, 4) is 0 Å². The van der Waals surface area contributed by atoms with E-state index >= 15 is 0 Å². The van der Waals surface area contributed by atoms with Gasteiger partial charge in [-0.15, -0.1) is 0 Å². The van der Waals surface area contributed by atoms with Crippen molar-refractivity contribution < 1.29 is 19.4 Å². The lowest BCUT2D eigenvalue weighted by atomic mass is 10.2. The zero-order valence-electron chi connectivity index (χ0n) is 10.6. The second-order valence-electron chi connectivity index (χ2n) is 4.73. The summed E-state index contributed by atoms with van der Waals surface area (Å²) in [5, 5.41) is 15.0. The maximum Gasteiger partial charge on any atom is 0.413 e. The van der Waals surface area contributed by atoms with Gasteiger partial charge in [-0.3, -0.25) is 14.8 Å². The molecule has 2 N–H and O–H groups in total. The summed E-state index contributed by atoms with van der Waals surface area (Å²) in [6, 6.07) is 1.58. The summed E-state index contributed by atoms with van der Waals surface area (Å²) in [6.07, 6.45) is 0.981. The molecule has 0 spiro atoms. The SMILES string of the molecule is CC(C)(C)OC(=O)Nc1ccn(CCC(=O)O)n1. The molecule has 0 saturated heterocycles. The van der Waals surface area contributed by atoms with E-state index < -0.39 is 17.7 Å². The topological polar surface area (TPSA) is 93.5 Å². The summed E-state index contributed by atoms with van der Waals surface area (Å²) in [5.41, 5.74) is -0.573. The molecular weight excluding hydrogens is 238 g/mol. The molecule has 0 radical (unpaired) electrons. The zero-order valence-corrected chi connectivity index (χ0v) is 10.6. The first-order chi connectivity index (χ1) is 8.26. The molecule has 7 nitrogen and oxygen atoms in total. The average Bonchev–Trinajstić information content (AvgIpc) is 2.59. The van der Waals surface area contributed by atoms with Gasteiger partial charge in [-0.1, -0.05) is 0 Å². The number of carboxylic acid groups (broad SMARTS) is 1. The number of amides is 1. The Labute approximate surface area is 105 Å². The first-order valence-electron chi connectivity index (χ1n) is 5.51. The Hall–Kier alpha value is -2.05. The summed E-state index contributed by atoms with van der Waals surface area (Å²) in [6.45, 7) is 5.54. The fourth-order valence-electron chi connectivity index (χ4n) is 1.17. The molecule has 0 bridgehead atoms. The molecule has 7 heteroatoms. The standard InChI is InChI=1S/C11H17N3O4/c1-11(2,3)18-10(17)12-8-4-6-14(13-8)7-5-9(15)16/h4,6H,5,7H2,1-3H3,(H,15,16)(H,12,13,17). The minimum absolute atomic E-state index is 0.0203. The van der Waals surface area contributed by atoms with Gasteiger partial charge in [0.25, 0.3) is 0 Å². The van der Waals surface area contributed by atoms with Crippen molar-refractivity contribution in [1.82, 2.24) is 9.78 Å². The minimum atomic E-state index is -0.896. The molecule has 0 aliphatic heterocycles. The summed E-state index contributed by atoms with van der Waals surface area (Å²) >= 11 is 0. The van der Waals surface area contributed by atoms with Crippen molar-refractivity contribution in [1.29, 1.82) is 0 Å². The fraction of sp³-hybridized carbons (Fsp3) is 0.545. The van der Waals surface area contributed by atoms with E-state index in [1.165, 1.54) is 4.68 Å². The summed E-state index contributed by atoms with van der Waals surface area (Å²) < 4.78 is 6.50. The summed E-state index contributed by atoms with van der Waals surface area (Å²) in [7, 11) is 0. The molecule has 1 amide bonds. The van der Waals surface area contributed by atoms with Crippen LogP contribution in [0.3, 0.4) is 0 Å². The summed E-state index contributed by atoms with van der Waals surface area (Å²) in [4.78, 5) is 21.8. The number of carboxylic acids is 1. The Morgan fingerprint density at radius 1 is 1.50 bits per heavy atom. The Bertz CT molecular complexity index is 434. The van der Waals surface area contributed by atoms with E-state index in [4.69, 9.17) is 9.84 Å². The minimum Gasteiger partial charge on any atom is -0.481 e. The number of hydrogen-bond acceptors (Lipinski definition) is 4. The number of ether oxygens (including phenoxy) is 1. The third-order valence-electron chi connectivity index (χ3n) is 1.82. The number of rotatable bonds is 4. The lowest BCUT2D eigenvalue weighted by molar-refractivity contribution is -0.137. The quantitative estimate of drug-likeness (QED) is 0.854. The van der Waals surface area contributed by atoms with Crippen LogP contribution in [0.1, 0.15) is 27.2 Å². The smallest absolute Gasteiger partial charge is 0.413 e. The highest BCUT2D eigenvalue weighted by atomic mass is 16.6. The van der Waals surface area contributed by atoms with Gasteiger partial charge < -0.3 is 9.84 Å². The van der Waals surface area contributed by atoms with Gasteiger partial charge in [-0.25, -0.2) is 4.79 Å². The van der Waals surface area contributed by atoms with Crippen molar-refractivity contribution in [3.63, 3.8) is 0 Å². The molecule has 0 aromatic carbocycles. The maximum atomic E-state index is 11.4. The molecule has 1 aromatic rings. The second-order valence-corrected chi connectivity index (χ2v) is 4.73. The van der Waals surface area contributed by atoms with Gasteiger partial charge in [0, 0.05) is 12.3 Å². The molecule has 0 atom stereocenters. The van der Waals surface area contributed by atoms with Crippen LogP contribution in [-0.2, 0) is 16.1 Å². The second kappa shape index (κ2) is 5.52. The highest BCUT2D eigenvalue weighted by Crippen LogP contribution is 2.10. The molecule has 0 saturated carbocycles. The van der Waals surface area contributed by atoms with Gasteiger partial charge in [0.15, 0.2) is 5.82 Å². The number of nitrogens with zero attached hydrogens (tertiary/aromatic N) is 2. The number of carbonyl (C=O) groups is 2. The Morgan fingerprint density at radius 2 is 2.17 bits per heavy atom. The third kappa shape index (κ3) is 5.33. The van der Waals surface area contributed by atoms with E-state index in [2.05, 4.69) is 10.4 Å². The predicted octanol–water partition coefficient (Wildman–Crippen LogP) is 1.70. The monoisotopic (exact) mass is 255 g/mol. The highest BCUT2D eigenvalue weighted by Gasteiger charge is 2.16. The van der Waals surface area contributed by atoms with Crippen LogP contribution in [-0.4, -0.2) is 32.6 Å². The fourth-order valence-corrected chi connectivity index (χ4v) is 1.17. The molecule has 1 heterocycles. The largest absolute Gasteiger partial charge is 0.481 e. The lowest BCUT2D eigenvalue weighted by Gasteiger charge is -2.19. The van der Waals surface area contributed by atoms with E-state index in [-0.39, 0.29) is 13.0 Å². The maximum absolute atomic E-state index is 11.4. The van der Waals surface area contributed by atoms with Gasteiger partial charge in [0.1, 0.15) is 5.60 Å². The van der Waals surface area contributed by atoms with Gasteiger partial charge in [0.05, 0.1) is 13.0 Å². The van der Waals surface area contributed by atoms with E-state index in [0.717, 1.165) is 0 Å². The van der Waals surface area contributed by atoms with Crippen molar-refractivity contribution >= 4 is 17.9 Å². The third-order valence-corrected chi connectivity index (χ3v) is 1.82. The number of carbonyl (C=O) groups excluding carboxylic acids is 1. The molecule has 0 aliphatic rings. The van der Waals surface area contributed by atoms with Crippen LogP contribution in [0, 0.1) is 0 Å². The number of aryl methyl sites for hydroxylation is 1. The van der Waals surface area contributed by atoms with Crippen LogP contribution >= 0.6 is 0 Å². The van der Waals surface area contributed by atoms with Crippen molar-refractivity contribution in [3.05, 3.63) is 12.3 Å². The summed E-state index contributed by atoms with van der Waals surface area (Å²) in [5.74, 6) is -0.568. The number of nitrogens with one attached hydrogen (secondary N) is 1. The van der Waals surface area contributed by atoms with Gasteiger partial charge in [-0.2, -0.15) is 5.10 Å². The average molecular weight is 255 g/mol. The molecule has 18 heavy (non-hydrogen) atoms. The van der Waals surface area contributed by atoms with Crippen LogP contribution in [0.25, 0.3) is 0 Å². The van der Waals surface area contributed by atoms with Crippen molar-refractivity contribution in [2.24, 2.45) is 0 Å². The van der Waals surface area contributed by atoms with E-state index in [1.54, 1.807) is 33.0 Å². The normalized spacial score (nSPS) is 11.1. The molecule has 0 unspecified atom stereocenters. The number of hydrogen-bond donors (Lipinski definition) is 2. The first-order valence-corrected chi connectivity index (χ1v) is 5.51. The molecule has 1 aromatic heterocycles. The lowest BCUT2D eigenvalue weighted by Crippen LogP contribution is -2.27. The van der Waals surface area contributed by atoms with E-state index in [0.29, 0.717) is 5.82 Å². The van der Waals surface area contributed by atoms with Crippen molar-refractivity contribution in [2.75, 3.05) is 5.32 Å². The number of aromatic nitrogens is 2. The van der Waals surface area contributed by atoms with Crippen LogP contribution in [0.4, 0.5) is 10.6 Å². The van der Waals surface area contributed by atoms with Crippen LogP contribution in [0.15, 0.2) is 12.3 Å². The zero-order chi connectivity index (χ0) is 13.8. The van der Waals surface area contributed by atoms with E-state index in [9.17, 15) is 9.59 Å². The molecule has 100 valence electrons. The van der Waals surface area contributed by atoms with Crippen LogP contribution < -0.4 is 5.32 Å².